The summed E-state index contributed by atoms with van der Waals surface area (Å²) in [7, 11) is 0. The molecule has 1 heterocycles. The van der Waals surface area contributed by atoms with Crippen LogP contribution in [0.25, 0.3) is 5.69 Å². The number of anilines is 1. The molecular formula is C12H13N5O2. The molecule has 3 rings (SSSR count). The fourth-order valence-electron chi connectivity index (χ4n) is 2.14. The Kier molecular flexibility index (Phi) is 2.66. The molecule has 1 aliphatic carbocycles. The number of rotatable bonds is 4. The van der Waals surface area contributed by atoms with E-state index in [-0.39, 0.29) is 0 Å². The monoisotopic (exact) mass is 259 g/mol. The number of aromatic nitrogens is 4. The van der Waals surface area contributed by atoms with Crippen molar-refractivity contribution in [2.45, 2.75) is 24.8 Å². The minimum Gasteiger partial charge on any atom is -0.480 e. The summed E-state index contributed by atoms with van der Waals surface area (Å²) in [6, 6.07) is 9.35. The van der Waals surface area contributed by atoms with Crippen molar-refractivity contribution in [2.75, 3.05) is 5.32 Å². The molecule has 7 nitrogen and oxygen atoms in total. The van der Waals surface area contributed by atoms with Crippen LogP contribution in [0.2, 0.25) is 0 Å². The van der Waals surface area contributed by atoms with Crippen LogP contribution in [0, 0.1) is 0 Å². The second-order valence-electron chi connectivity index (χ2n) is 4.62. The normalized spacial score (nSPS) is 16.6. The molecule has 1 aliphatic rings. The highest BCUT2D eigenvalue weighted by molar-refractivity contribution is 5.83. The molecule has 98 valence electrons. The predicted octanol–water partition coefficient (Wildman–Crippen LogP) is 1.08. The van der Waals surface area contributed by atoms with E-state index in [0.29, 0.717) is 18.8 Å². The van der Waals surface area contributed by atoms with Gasteiger partial charge in [-0.1, -0.05) is 23.3 Å². The maximum Gasteiger partial charge on any atom is 0.329 e. The average molecular weight is 259 g/mol. The quantitative estimate of drug-likeness (QED) is 0.853. The van der Waals surface area contributed by atoms with Crippen LogP contribution in [0.5, 0.6) is 0 Å². The fraction of sp³-hybridized carbons (Fsp3) is 0.333. The molecule has 0 unspecified atom stereocenters. The van der Waals surface area contributed by atoms with Gasteiger partial charge in [0.05, 0.1) is 5.69 Å². The van der Waals surface area contributed by atoms with E-state index in [1.165, 1.54) is 4.68 Å². The number of benzene rings is 1. The number of carboxylic acid groups (broad SMARTS) is 1. The van der Waals surface area contributed by atoms with Crippen molar-refractivity contribution in [2.24, 2.45) is 0 Å². The number of aliphatic carboxylic acids is 1. The van der Waals surface area contributed by atoms with Gasteiger partial charge < -0.3 is 10.4 Å². The maximum absolute atomic E-state index is 11.3. The Bertz CT molecular complexity index is 591. The van der Waals surface area contributed by atoms with Gasteiger partial charge in [-0.3, -0.25) is 0 Å². The molecular weight excluding hydrogens is 246 g/mol. The third-order valence-corrected chi connectivity index (χ3v) is 3.44. The van der Waals surface area contributed by atoms with Crippen LogP contribution in [0.15, 0.2) is 30.3 Å². The van der Waals surface area contributed by atoms with Crippen molar-refractivity contribution in [1.29, 1.82) is 0 Å². The van der Waals surface area contributed by atoms with E-state index in [4.69, 9.17) is 0 Å². The first kappa shape index (κ1) is 11.6. The third-order valence-electron chi connectivity index (χ3n) is 3.44. The highest BCUT2D eigenvalue weighted by Crippen LogP contribution is 2.35. The average Bonchev–Trinajstić information content (AvgIpc) is 2.82. The summed E-state index contributed by atoms with van der Waals surface area (Å²) in [6.45, 7) is 0. The molecule has 0 saturated heterocycles. The summed E-state index contributed by atoms with van der Waals surface area (Å²) in [5.74, 6) is -0.505. The molecule has 0 spiro atoms. The zero-order chi connectivity index (χ0) is 13.3. The summed E-state index contributed by atoms with van der Waals surface area (Å²) in [4.78, 5) is 11.3. The lowest BCUT2D eigenvalue weighted by atomic mass is 9.77. The fourth-order valence-corrected chi connectivity index (χ4v) is 2.14. The number of carbonyl (C=O) groups is 1. The Balaban J connectivity index is 1.91. The molecule has 2 N–H and O–H groups in total. The minimum absolute atomic E-state index is 0.355. The van der Waals surface area contributed by atoms with E-state index in [1.54, 1.807) is 0 Å². The number of para-hydroxylation sites is 1. The molecule has 1 fully saturated rings. The van der Waals surface area contributed by atoms with Crippen molar-refractivity contribution in [3.63, 3.8) is 0 Å². The molecule has 0 atom stereocenters. The molecule has 1 saturated carbocycles. The molecule has 1 aromatic carbocycles. The lowest BCUT2D eigenvalue weighted by molar-refractivity contribution is -0.145. The second kappa shape index (κ2) is 4.34. The van der Waals surface area contributed by atoms with Crippen molar-refractivity contribution in [3.05, 3.63) is 30.3 Å². The Hall–Kier alpha value is -2.44. The number of hydrogen-bond donors (Lipinski definition) is 2. The topological polar surface area (TPSA) is 92.9 Å². The molecule has 2 aromatic rings. The molecule has 7 heteroatoms. The van der Waals surface area contributed by atoms with Crippen LogP contribution < -0.4 is 5.32 Å². The number of hydrogen-bond acceptors (Lipinski definition) is 5. The smallest absolute Gasteiger partial charge is 0.329 e. The van der Waals surface area contributed by atoms with E-state index in [2.05, 4.69) is 20.8 Å². The first-order valence-electron chi connectivity index (χ1n) is 6.07. The van der Waals surface area contributed by atoms with Crippen LogP contribution in [0.4, 0.5) is 5.95 Å². The van der Waals surface area contributed by atoms with Crippen molar-refractivity contribution < 1.29 is 9.90 Å². The van der Waals surface area contributed by atoms with Gasteiger partial charge in [0.2, 0.25) is 5.95 Å². The molecule has 0 aliphatic heterocycles. The van der Waals surface area contributed by atoms with Gasteiger partial charge in [0, 0.05) is 0 Å². The standard InChI is InChI=1S/C12H13N5O2/c18-10(19)12(7-4-8-12)13-11-14-15-16-17(11)9-5-2-1-3-6-9/h1-3,5-6H,4,7-8H2,(H,18,19)(H,13,14,16). The lowest BCUT2D eigenvalue weighted by Crippen LogP contribution is -2.52. The Morgan fingerprint density at radius 3 is 2.63 bits per heavy atom. The predicted molar refractivity (Wildman–Crippen MR) is 67.0 cm³/mol. The van der Waals surface area contributed by atoms with E-state index < -0.39 is 11.5 Å². The van der Waals surface area contributed by atoms with E-state index >= 15 is 0 Å². The summed E-state index contributed by atoms with van der Waals surface area (Å²) in [5, 5.41) is 23.6. The lowest BCUT2D eigenvalue weighted by Gasteiger charge is -2.38. The highest BCUT2D eigenvalue weighted by atomic mass is 16.4. The van der Waals surface area contributed by atoms with Crippen molar-refractivity contribution in [1.82, 2.24) is 20.2 Å². The summed E-state index contributed by atoms with van der Waals surface area (Å²) >= 11 is 0. The van der Waals surface area contributed by atoms with Gasteiger partial charge >= 0.3 is 5.97 Å². The van der Waals surface area contributed by atoms with E-state index in [9.17, 15) is 9.90 Å². The van der Waals surface area contributed by atoms with Gasteiger partial charge in [-0.25, -0.2) is 4.79 Å². The summed E-state index contributed by atoms with van der Waals surface area (Å²) < 4.78 is 1.50. The zero-order valence-electron chi connectivity index (χ0n) is 10.2. The maximum atomic E-state index is 11.3. The van der Waals surface area contributed by atoms with Crippen LogP contribution in [-0.4, -0.2) is 36.8 Å². The second-order valence-corrected chi connectivity index (χ2v) is 4.62. The largest absolute Gasteiger partial charge is 0.480 e. The van der Waals surface area contributed by atoms with Crippen LogP contribution in [0.3, 0.4) is 0 Å². The molecule has 1 aromatic heterocycles. The number of nitrogens with zero attached hydrogens (tertiary/aromatic N) is 4. The Labute approximate surface area is 109 Å². The summed E-state index contributed by atoms with van der Waals surface area (Å²) in [5.41, 5.74) is -0.142. The summed E-state index contributed by atoms with van der Waals surface area (Å²) in [6.07, 6.45) is 2.07. The first-order chi connectivity index (χ1) is 9.21. The van der Waals surface area contributed by atoms with Crippen molar-refractivity contribution >= 4 is 11.9 Å². The van der Waals surface area contributed by atoms with Gasteiger partial charge in [0.1, 0.15) is 5.54 Å². The van der Waals surface area contributed by atoms with Gasteiger partial charge in [-0.15, -0.1) is 0 Å². The minimum atomic E-state index is -0.929. The molecule has 0 amide bonds. The zero-order valence-corrected chi connectivity index (χ0v) is 10.2. The Morgan fingerprint density at radius 2 is 2.05 bits per heavy atom. The van der Waals surface area contributed by atoms with Gasteiger partial charge in [0.15, 0.2) is 0 Å². The van der Waals surface area contributed by atoms with Gasteiger partial charge in [-0.05, 0) is 41.8 Å². The van der Waals surface area contributed by atoms with Gasteiger partial charge in [0.25, 0.3) is 0 Å². The molecule has 19 heavy (non-hydrogen) atoms. The number of carboxylic acids is 1. The first-order valence-corrected chi connectivity index (χ1v) is 6.07. The molecule has 0 radical (unpaired) electrons. The van der Waals surface area contributed by atoms with E-state index in [0.717, 1.165) is 12.1 Å². The third kappa shape index (κ3) is 1.92. The van der Waals surface area contributed by atoms with Crippen LogP contribution in [0.1, 0.15) is 19.3 Å². The SMILES string of the molecule is O=C(O)C1(Nc2nnnn2-c2ccccc2)CCC1. The number of nitrogens with one attached hydrogen (secondary N) is 1. The Morgan fingerprint density at radius 1 is 1.32 bits per heavy atom. The molecule has 0 bridgehead atoms. The van der Waals surface area contributed by atoms with Gasteiger partial charge in [-0.2, -0.15) is 4.68 Å². The van der Waals surface area contributed by atoms with Crippen LogP contribution >= 0.6 is 0 Å². The number of tetrazole rings is 1. The van der Waals surface area contributed by atoms with E-state index in [1.807, 2.05) is 30.3 Å². The van der Waals surface area contributed by atoms with Crippen molar-refractivity contribution in [3.8, 4) is 5.69 Å². The highest BCUT2D eigenvalue weighted by Gasteiger charge is 2.45. The van der Waals surface area contributed by atoms with Crippen LogP contribution in [-0.2, 0) is 4.79 Å².